The van der Waals surface area contributed by atoms with Crippen LogP contribution in [-0.2, 0) is 16.1 Å². The van der Waals surface area contributed by atoms with Gasteiger partial charge in [0.15, 0.2) is 0 Å². The molecule has 0 spiro atoms. The zero-order valence-electron chi connectivity index (χ0n) is 19.9. The van der Waals surface area contributed by atoms with Gasteiger partial charge in [0.2, 0.25) is 5.82 Å². The van der Waals surface area contributed by atoms with E-state index in [1.807, 2.05) is 39.0 Å². The first-order valence-corrected chi connectivity index (χ1v) is 11.5. The van der Waals surface area contributed by atoms with E-state index in [0.29, 0.717) is 23.4 Å². The molecule has 1 aliphatic heterocycles. The summed E-state index contributed by atoms with van der Waals surface area (Å²) in [5, 5.41) is 4.98. The van der Waals surface area contributed by atoms with Gasteiger partial charge in [0.05, 0.1) is 6.42 Å². The van der Waals surface area contributed by atoms with Gasteiger partial charge in [0.1, 0.15) is 11.4 Å². The summed E-state index contributed by atoms with van der Waals surface area (Å²) in [5.74, 6) is -0.111. The number of nitrogens with zero attached hydrogens (tertiary/aromatic N) is 3. The van der Waals surface area contributed by atoms with E-state index >= 15 is 0 Å². The van der Waals surface area contributed by atoms with Crippen molar-refractivity contribution in [3.05, 3.63) is 54.2 Å². The fraction of sp³-hybridized carbons (Fsp3) is 0.346. The fourth-order valence-corrected chi connectivity index (χ4v) is 4.53. The molecule has 0 saturated carbocycles. The minimum absolute atomic E-state index is 0.0783. The topological polar surface area (TPSA) is 79.4 Å². The predicted molar refractivity (Wildman–Crippen MR) is 125 cm³/mol. The van der Waals surface area contributed by atoms with Gasteiger partial charge >= 0.3 is 12.3 Å². The second kappa shape index (κ2) is 8.69. The van der Waals surface area contributed by atoms with E-state index in [0.717, 1.165) is 29.6 Å². The third-order valence-electron chi connectivity index (χ3n) is 5.88. The van der Waals surface area contributed by atoms with Crippen LogP contribution in [0, 0.1) is 0 Å². The van der Waals surface area contributed by atoms with E-state index in [1.165, 1.54) is 18.2 Å². The third kappa shape index (κ3) is 5.07. The first kappa shape index (κ1) is 23.9. The quantitative estimate of drug-likeness (QED) is 0.293. The van der Waals surface area contributed by atoms with Crippen molar-refractivity contribution < 1.29 is 32.0 Å². The molecule has 10 heteroatoms. The van der Waals surface area contributed by atoms with E-state index in [2.05, 4.69) is 25.5 Å². The van der Waals surface area contributed by atoms with Gasteiger partial charge in [-0.25, -0.2) is 0 Å². The molecular weight excluding hydrogens is 475 g/mol. The summed E-state index contributed by atoms with van der Waals surface area (Å²) >= 11 is 0. The Balaban J connectivity index is 1.38. The Morgan fingerprint density at radius 2 is 1.92 bits per heavy atom. The van der Waals surface area contributed by atoms with Crippen LogP contribution in [0.3, 0.4) is 0 Å². The highest BCUT2D eigenvalue weighted by molar-refractivity contribution is 5.86. The number of hydrogen-bond donors (Lipinski definition) is 0. The van der Waals surface area contributed by atoms with Crippen LogP contribution in [0.2, 0.25) is 0 Å². The summed E-state index contributed by atoms with van der Waals surface area (Å²) in [6.07, 6.45) is -3.60. The van der Waals surface area contributed by atoms with Crippen molar-refractivity contribution in [2.24, 2.45) is 0 Å². The Morgan fingerprint density at radius 1 is 1.11 bits per heavy atom. The Hall–Kier alpha value is -3.82. The number of esters is 1. The van der Waals surface area contributed by atoms with Gasteiger partial charge < -0.3 is 18.6 Å². The molecule has 4 aromatic rings. The highest BCUT2D eigenvalue weighted by Crippen LogP contribution is 2.38. The number of ether oxygens (including phenoxy) is 2. The largest absolute Gasteiger partial charge is 0.573 e. The number of aromatic nitrogens is 3. The van der Waals surface area contributed by atoms with E-state index in [-0.39, 0.29) is 23.5 Å². The molecule has 3 heterocycles. The summed E-state index contributed by atoms with van der Waals surface area (Å²) in [6.45, 7) is 6.38. The molecular formula is C26H24F3N3O4. The van der Waals surface area contributed by atoms with Crippen molar-refractivity contribution in [3.63, 3.8) is 0 Å². The molecule has 5 rings (SSSR count). The maximum absolute atomic E-state index is 12.5. The van der Waals surface area contributed by atoms with Gasteiger partial charge in [-0.3, -0.25) is 4.79 Å². The summed E-state index contributed by atoms with van der Waals surface area (Å²) in [4.78, 5) is 16.7. The molecule has 1 aliphatic rings. The summed E-state index contributed by atoms with van der Waals surface area (Å²) < 4.78 is 54.6. The number of aryl methyl sites for hydroxylation is 1. The average molecular weight is 499 g/mol. The summed E-state index contributed by atoms with van der Waals surface area (Å²) in [5.41, 5.74) is 2.62. The van der Waals surface area contributed by atoms with Crippen LogP contribution in [0.4, 0.5) is 13.2 Å². The van der Waals surface area contributed by atoms with Crippen LogP contribution in [0.25, 0.3) is 33.7 Å². The summed E-state index contributed by atoms with van der Waals surface area (Å²) in [6, 6.07) is 13.2. The van der Waals surface area contributed by atoms with Crippen LogP contribution < -0.4 is 4.74 Å². The molecule has 1 atom stereocenters. The zero-order valence-corrected chi connectivity index (χ0v) is 19.9. The summed E-state index contributed by atoms with van der Waals surface area (Å²) in [7, 11) is 0. The molecule has 36 heavy (non-hydrogen) atoms. The van der Waals surface area contributed by atoms with Crippen molar-refractivity contribution in [1.82, 2.24) is 14.7 Å². The average Bonchev–Trinajstić information content (AvgIpc) is 3.47. The Bertz CT molecular complexity index is 1430. The van der Waals surface area contributed by atoms with Crippen LogP contribution in [-0.4, -0.2) is 32.6 Å². The lowest BCUT2D eigenvalue weighted by atomic mass is 10.00. The molecule has 0 fully saturated rings. The number of alkyl halides is 3. The van der Waals surface area contributed by atoms with Crippen molar-refractivity contribution >= 4 is 16.9 Å². The number of hydrogen-bond acceptors (Lipinski definition) is 6. The van der Waals surface area contributed by atoms with E-state index in [4.69, 9.17) is 9.26 Å². The molecule has 2 aromatic heterocycles. The number of carbonyl (C=O) groups is 1. The first-order chi connectivity index (χ1) is 16.9. The molecule has 188 valence electrons. The number of benzene rings is 2. The number of rotatable bonds is 5. The lowest BCUT2D eigenvalue weighted by Gasteiger charge is -2.20. The lowest BCUT2D eigenvalue weighted by Crippen LogP contribution is -2.24. The highest BCUT2D eigenvalue weighted by atomic mass is 19.4. The van der Waals surface area contributed by atoms with Crippen LogP contribution in [0.15, 0.2) is 53.1 Å². The maximum atomic E-state index is 12.5. The SMILES string of the molecule is CC(C)(C)OC(=O)CC1CCn2c1cc1cc(-c3noc(-c4cccc(OC(F)(F)F)c4)n3)ccc12. The zero-order chi connectivity index (χ0) is 25.7. The Kier molecular flexibility index (Phi) is 5.77. The van der Waals surface area contributed by atoms with Crippen molar-refractivity contribution in [2.75, 3.05) is 0 Å². The maximum Gasteiger partial charge on any atom is 0.573 e. The van der Waals surface area contributed by atoms with Crippen molar-refractivity contribution in [2.45, 2.75) is 58.0 Å². The van der Waals surface area contributed by atoms with E-state index in [9.17, 15) is 18.0 Å². The van der Waals surface area contributed by atoms with Gasteiger partial charge in [-0.15, -0.1) is 13.2 Å². The standard InChI is InChI=1S/C26H24F3N3O4/c1-25(2,3)35-22(33)14-15-9-10-32-20-8-7-16(11-18(20)13-21(15)32)23-30-24(36-31-23)17-5-4-6-19(12-17)34-26(27,28)29/h4-8,11-13,15H,9-10,14H2,1-3H3. The normalized spacial score (nSPS) is 15.8. The first-order valence-electron chi connectivity index (χ1n) is 11.5. The predicted octanol–water partition coefficient (Wildman–Crippen LogP) is 6.48. The van der Waals surface area contributed by atoms with Crippen molar-refractivity contribution in [1.29, 1.82) is 0 Å². The minimum atomic E-state index is -4.79. The third-order valence-corrected chi connectivity index (χ3v) is 5.88. The fourth-order valence-electron chi connectivity index (χ4n) is 4.53. The minimum Gasteiger partial charge on any atom is -0.460 e. The molecule has 0 aliphatic carbocycles. The molecule has 0 radical (unpaired) electrons. The molecule has 1 unspecified atom stereocenters. The van der Waals surface area contributed by atoms with Crippen LogP contribution >= 0.6 is 0 Å². The Morgan fingerprint density at radius 3 is 2.67 bits per heavy atom. The Labute approximate surface area is 204 Å². The molecule has 0 N–H and O–H groups in total. The van der Waals surface area contributed by atoms with E-state index < -0.39 is 12.0 Å². The van der Waals surface area contributed by atoms with Crippen LogP contribution in [0.1, 0.15) is 45.2 Å². The second-order valence-electron chi connectivity index (χ2n) is 9.77. The van der Waals surface area contributed by atoms with Gasteiger partial charge in [-0.1, -0.05) is 11.2 Å². The monoisotopic (exact) mass is 499 g/mol. The lowest BCUT2D eigenvalue weighted by molar-refractivity contribution is -0.274. The van der Waals surface area contributed by atoms with Gasteiger partial charge in [-0.05, 0) is 69.7 Å². The number of halogens is 3. The molecule has 0 amide bonds. The number of carbonyl (C=O) groups excluding carboxylic acids is 1. The molecule has 0 bridgehead atoms. The van der Waals surface area contributed by atoms with E-state index in [1.54, 1.807) is 6.07 Å². The highest BCUT2D eigenvalue weighted by Gasteiger charge is 2.31. The van der Waals surface area contributed by atoms with Gasteiger partial charge in [0.25, 0.3) is 5.89 Å². The molecule has 0 saturated heterocycles. The van der Waals surface area contributed by atoms with Crippen LogP contribution in [0.5, 0.6) is 5.75 Å². The number of fused-ring (bicyclic) bond motifs is 3. The molecule has 7 nitrogen and oxygen atoms in total. The van der Waals surface area contributed by atoms with Gasteiger partial charge in [-0.2, -0.15) is 4.98 Å². The van der Waals surface area contributed by atoms with Gasteiger partial charge in [0, 0.05) is 40.2 Å². The second-order valence-corrected chi connectivity index (χ2v) is 9.77. The van der Waals surface area contributed by atoms with Crippen molar-refractivity contribution in [3.8, 4) is 28.6 Å². The molecule has 2 aromatic carbocycles. The smallest absolute Gasteiger partial charge is 0.460 e.